The van der Waals surface area contributed by atoms with Gasteiger partial charge in [-0.3, -0.25) is 19.3 Å². The van der Waals surface area contributed by atoms with Gasteiger partial charge in [0.05, 0.1) is 30.4 Å². The van der Waals surface area contributed by atoms with Gasteiger partial charge in [0.1, 0.15) is 24.7 Å². The normalized spacial score (nSPS) is 17.0. The summed E-state index contributed by atoms with van der Waals surface area (Å²) in [6, 6.07) is 19.4. The van der Waals surface area contributed by atoms with Crippen LogP contribution >= 0.6 is 0 Å². The Balaban J connectivity index is 1.29. The number of nitrogens with two attached hydrogens (primary N) is 1. The number of ether oxygens (including phenoxy) is 1. The van der Waals surface area contributed by atoms with Gasteiger partial charge < -0.3 is 31.1 Å². The molecule has 0 saturated carbocycles. The third-order valence-corrected chi connectivity index (χ3v) is 8.27. The fourth-order valence-corrected chi connectivity index (χ4v) is 5.58. The van der Waals surface area contributed by atoms with Crippen LogP contribution < -0.4 is 21.1 Å². The number of aliphatic hydroxyl groups excluding tert-OH is 1. The molecule has 2 heterocycles. The van der Waals surface area contributed by atoms with E-state index in [-0.39, 0.29) is 55.4 Å². The first-order valence-corrected chi connectivity index (χ1v) is 15.7. The van der Waals surface area contributed by atoms with Crippen LogP contribution in [0.1, 0.15) is 35.3 Å². The molecule has 5 rings (SSSR count). The maximum atomic E-state index is 13.5. The van der Waals surface area contributed by atoms with Gasteiger partial charge in [-0.05, 0) is 72.4 Å². The van der Waals surface area contributed by atoms with Gasteiger partial charge >= 0.3 is 0 Å². The predicted molar refractivity (Wildman–Crippen MR) is 180 cm³/mol. The van der Waals surface area contributed by atoms with Crippen LogP contribution in [-0.2, 0) is 29.1 Å². The zero-order valence-corrected chi connectivity index (χ0v) is 27.2. The summed E-state index contributed by atoms with van der Waals surface area (Å²) in [6.45, 7) is 5.15. The van der Waals surface area contributed by atoms with E-state index >= 15 is 0 Å². The summed E-state index contributed by atoms with van der Waals surface area (Å²) in [5.74, 6) is -0.233. The summed E-state index contributed by atoms with van der Waals surface area (Å²) < 4.78 is 7.93. The molecule has 1 aromatic heterocycles. The number of carbonyl (C=O) groups is 3. The SMILES string of the molecule is C[C@@H]1CN([C@H](C)CO)C(=O)Cc2cc(NC(=O)Cn3cnnn3)ccc2O[C@@H]1CN(C)Cc1ccc(C(=O)Nc2ccccc2N)cc1. The quantitative estimate of drug-likeness (QED) is 0.175. The Morgan fingerprint density at radius 1 is 1.12 bits per heavy atom. The molecule has 3 amide bonds. The smallest absolute Gasteiger partial charge is 0.255 e. The Hall–Kier alpha value is -5.34. The minimum atomic E-state index is -0.381. The highest BCUT2D eigenvalue weighted by atomic mass is 16.5. The summed E-state index contributed by atoms with van der Waals surface area (Å²) in [5.41, 5.74) is 9.69. The molecule has 4 aromatic rings. The molecule has 14 nitrogen and oxygen atoms in total. The van der Waals surface area contributed by atoms with Crippen LogP contribution in [0.2, 0.25) is 0 Å². The molecule has 0 spiro atoms. The van der Waals surface area contributed by atoms with Crippen molar-refractivity contribution in [2.45, 2.75) is 45.5 Å². The van der Waals surface area contributed by atoms with Crippen LogP contribution in [0, 0.1) is 5.92 Å². The zero-order chi connectivity index (χ0) is 34.2. The lowest BCUT2D eigenvalue weighted by molar-refractivity contribution is -0.134. The minimum Gasteiger partial charge on any atom is -0.488 e. The van der Waals surface area contributed by atoms with Crippen molar-refractivity contribution in [3.05, 3.63) is 89.7 Å². The number of nitrogens with zero attached hydrogens (tertiary/aromatic N) is 6. The number of benzene rings is 3. The number of para-hydroxylation sites is 2. The molecular formula is C34H41N9O5. The molecule has 0 aliphatic carbocycles. The monoisotopic (exact) mass is 655 g/mol. The van der Waals surface area contributed by atoms with Gasteiger partial charge in [0.15, 0.2) is 0 Å². The topological polar surface area (TPSA) is 181 Å². The summed E-state index contributed by atoms with van der Waals surface area (Å²) >= 11 is 0. The number of aromatic nitrogens is 4. The number of hydrogen-bond donors (Lipinski definition) is 4. The summed E-state index contributed by atoms with van der Waals surface area (Å²) in [4.78, 5) is 42.7. The molecule has 1 aliphatic rings. The molecule has 0 unspecified atom stereocenters. The van der Waals surface area contributed by atoms with Crippen molar-refractivity contribution in [1.82, 2.24) is 30.0 Å². The average molecular weight is 656 g/mol. The van der Waals surface area contributed by atoms with E-state index in [0.717, 1.165) is 5.56 Å². The van der Waals surface area contributed by atoms with Crippen LogP contribution in [0.4, 0.5) is 17.1 Å². The molecule has 0 radical (unpaired) electrons. The van der Waals surface area contributed by atoms with Crippen LogP contribution in [0.5, 0.6) is 5.75 Å². The fourth-order valence-electron chi connectivity index (χ4n) is 5.58. The van der Waals surface area contributed by atoms with Crippen molar-refractivity contribution in [3.63, 3.8) is 0 Å². The fraction of sp³-hybridized carbons (Fsp3) is 0.353. The van der Waals surface area contributed by atoms with Crippen LogP contribution in [0.3, 0.4) is 0 Å². The Morgan fingerprint density at radius 2 is 1.90 bits per heavy atom. The van der Waals surface area contributed by atoms with Crippen LogP contribution in [0.25, 0.3) is 0 Å². The van der Waals surface area contributed by atoms with Crippen molar-refractivity contribution < 1.29 is 24.2 Å². The van der Waals surface area contributed by atoms with E-state index in [2.05, 4.69) is 31.1 Å². The lowest BCUT2D eigenvalue weighted by Crippen LogP contribution is -2.47. The number of nitrogen functional groups attached to an aromatic ring is 1. The van der Waals surface area contributed by atoms with E-state index in [0.29, 0.717) is 53.6 Å². The van der Waals surface area contributed by atoms with Crippen molar-refractivity contribution in [2.24, 2.45) is 5.92 Å². The highest BCUT2D eigenvalue weighted by Gasteiger charge is 2.31. The number of aliphatic hydroxyl groups is 1. The molecule has 0 saturated heterocycles. The average Bonchev–Trinajstić information content (AvgIpc) is 3.58. The lowest BCUT2D eigenvalue weighted by Gasteiger charge is -2.34. The van der Waals surface area contributed by atoms with Crippen molar-refractivity contribution in [2.75, 3.05) is 43.1 Å². The summed E-state index contributed by atoms with van der Waals surface area (Å²) in [5, 5.41) is 26.4. The van der Waals surface area contributed by atoms with Gasteiger partial charge in [0, 0.05) is 42.4 Å². The lowest BCUT2D eigenvalue weighted by atomic mass is 10.0. The predicted octanol–water partition coefficient (Wildman–Crippen LogP) is 2.43. The third kappa shape index (κ3) is 8.72. The van der Waals surface area contributed by atoms with Gasteiger partial charge in [0.2, 0.25) is 11.8 Å². The molecule has 252 valence electrons. The van der Waals surface area contributed by atoms with Gasteiger partial charge in [-0.1, -0.05) is 31.2 Å². The molecule has 0 bridgehead atoms. The van der Waals surface area contributed by atoms with Crippen molar-refractivity contribution in [1.29, 1.82) is 0 Å². The van der Waals surface area contributed by atoms with Gasteiger partial charge in [-0.2, -0.15) is 0 Å². The highest BCUT2D eigenvalue weighted by molar-refractivity contribution is 6.05. The second kappa shape index (κ2) is 15.5. The second-order valence-electron chi connectivity index (χ2n) is 12.2. The molecule has 0 fully saturated rings. The number of rotatable bonds is 11. The first-order chi connectivity index (χ1) is 23.1. The van der Waals surface area contributed by atoms with E-state index in [1.807, 2.05) is 45.2 Å². The number of hydrogen-bond acceptors (Lipinski definition) is 10. The van der Waals surface area contributed by atoms with E-state index in [9.17, 15) is 19.5 Å². The third-order valence-electron chi connectivity index (χ3n) is 8.27. The van der Waals surface area contributed by atoms with Crippen molar-refractivity contribution >= 4 is 34.8 Å². The largest absolute Gasteiger partial charge is 0.488 e. The number of tetrazole rings is 1. The Kier molecular flexibility index (Phi) is 11.0. The molecule has 14 heteroatoms. The zero-order valence-electron chi connectivity index (χ0n) is 27.2. The molecule has 3 aromatic carbocycles. The number of anilines is 3. The summed E-state index contributed by atoms with van der Waals surface area (Å²) in [7, 11) is 1.99. The Bertz CT molecular complexity index is 1710. The molecule has 48 heavy (non-hydrogen) atoms. The number of nitrogens with one attached hydrogen (secondary N) is 2. The number of fused-ring (bicyclic) bond motifs is 1. The first-order valence-electron chi connectivity index (χ1n) is 15.7. The van der Waals surface area contributed by atoms with E-state index in [1.54, 1.807) is 47.4 Å². The first kappa shape index (κ1) is 34.0. The molecule has 5 N–H and O–H groups in total. The number of amides is 3. The Labute approximate surface area is 278 Å². The standard InChI is InChI=1S/C34H41N9O5/c1-22-16-43(23(2)20-44)33(46)15-26-14-27(37-32(45)19-42-21-36-39-40-42)12-13-30(26)48-31(22)18-41(3)17-24-8-10-25(11-9-24)34(47)38-29-7-5-4-6-28(29)35/h4-14,21-23,31,44H,15-20,35H2,1-3H3,(H,37,45)(H,38,47)/t22-,23-,31-/m1/s1. The van der Waals surface area contributed by atoms with Crippen LogP contribution in [0.15, 0.2) is 73.1 Å². The molecular weight excluding hydrogens is 614 g/mol. The maximum Gasteiger partial charge on any atom is 0.255 e. The summed E-state index contributed by atoms with van der Waals surface area (Å²) in [6.07, 6.45) is 1.08. The number of carbonyl (C=O) groups excluding carboxylic acids is 3. The van der Waals surface area contributed by atoms with E-state index < -0.39 is 0 Å². The van der Waals surface area contributed by atoms with Gasteiger partial charge in [0.25, 0.3) is 5.91 Å². The maximum absolute atomic E-state index is 13.5. The number of likely N-dealkylation sites (N-methyl/N-ethyl adjacent to an activating group) is 1. The Morgan fingerprint density at radius 3 is 2.60 bits per heavy atom. The van der Waals surface area contributed by atoms with Crippen LogP contribution in [-0.4, -0.2) is 91.7 Å². The van der Waals surface area contributed by atoms with Gasteiger partial charge in [-0.15, -0.1) is 5.10 Å². The molecule has 1 aliphatic heterocycles. The molecule has 3 atom stereocenters. The second-order valence-corrected chi connectivity index (χ2v) is 12.2. The highest BCUT2D eigenvalue weighted by Crippen LogP contribution is 2.29. The van der Waals surface area contributed by atoms with Gasteiger partial charge in [-0.25, -0.2) is 4.68 Å². The minimum absolute atomic E-state index is 0.0441. The van der Waals surface area contributed by atoms with Crippen molar-refractivity contribution in [3.8, 4) is 5.75 Å². The van der Waals surface area contributed by atoms with E-state index in [4.69, 9.17) is 10.5 Å². The van der Waals surface area contributed by atoms with E-state index in [1.165, 1.54) is 11.0 Å².